The number of hydrogen-bond donors (Lipinski definition) is 0. The fourth-order valence-corrected chi connectivity index (χ4v) is 2.83. The highest BCUT2D eigenvalue weighted by Gasteiger charge is 2.15. The first-order chi connectivity index (χ1) is 11.8. The third kappa shape index (κ3) is 5.80. The Labute approximate surface area is 152 Å². The normalized spacial score (nSPS) is 14.2. The van der Waals surface area contributed by atoms with Gasteiger partial charge in [0.05, 0.1) is 18.8 Å². The van der Waals surface area contributed by atoms with Gasteiger partial charge in [0.25, 0.3) is 0 Å². The Morgan fingerprint density at radius 3 is 2.52 bits per heavy atom. The maximum atomic E-state index is 5.96. The molecule has 1 heterocycles. The second-order valence-corrected chi connectivity index (χ2v) is 7.81. The maximum absolute atomic E-state index is 5.96. The van der Waals surface area contributed by atoms with Crippen molar-refractivity contribution < 1.29 is 9.47 Å². The second kappa shape index (κ2) is 8.41. The van der Waals surface area contributed by atoms with E-state index in [1.54, 1.807) is 7.11 Å². The van der Waals surface area contributed by atoms with E-state index in [1.165, 1.54) is 5.56 Å². The largest absolute Gasteiger partial charge is 0.497 e. The average Bonchev–Trinajstić information content (AvgIpc) is 3.03. The summed E-state index contributed by atoms with van der Waals surface area (Å²) in [4.78, 5) is 0. The highest BCUT2D eigenvalue weighted by Crippen LogP contribution is 2.25. The van der Waals surface area contributed by atoms with Gasteiger partial charge in [-0.1, -0.05) is 19.1 Å². The lowest BCUT2D eigenvalue weighted by Crippen LogP contribution is -2.22. The first-order valence-corrected chi connectivity index (χ1v) is 9.16. The molecule has 0 saturated heterocycles. The zero-order chi connectivity index (χ0) is 18.4. The van der Waals surface area contributed by atoms with Crippen molar-refractivity contribution >= 4 is 0 Å². The van der Waals surface area contributed by atoms with Crippen molar-refractivity contribution in [2.75, 3.05) is 7.11 Å². The number of aromatic nitrogens is 2. The zero-order valence-electron chi connectivity index (χ0n) is 16.5. The van der Waals surface area contributed by atoms with Crippen molar-refractivity contribution in [3.05, 3.63) is 42.1 Å². The molecule has 0 aliphatic carbocycles. The van der Waals surface area contributed by atoms with Gasteiger partial charge in [-0.15, -0.1) is 5.10 Å². The number of ether oxygens (including phenoxy) is 2. The molecule has 4 heteroatoms. The van der Waals surface area contributed by atoms with Gasteiger partial charge in [-0.3, -0.25) is 4.68 Å². The van der Waals surface area contributed by atoms with E-state index in [1.807, 2.05) is 23.0 Å². The van der Waals surface area contributed by atoms with Gasteiger partial charge in [0.15, 0.2) is 0 Å². The number of hydrogen-bond acceptors (Lipinski definition) is 3. The summed E-state index contributed by atoms with van der Waals surface area (Å²) in [5.41, 5.74) is 1.31. The molecular weight excluding hydrogens is 312 g/mol. The van der Waals surface area contributed by atoms with Crippen molar-refractivity contribution in [1.82, 2.24) is 9.78 Å². The monoisotopic (exact) mass is 344 g/mol. The summed E-state index contributed by atoms with van der Waals surface area (Å²) in [5.74, 6) is 2.15. The van der Waals surface area contributed by atoms with Gasteiger partial charge in [-0.2, -0.15) is 0 Å². The molecule has 2 aromatic rings. The van der Waals surface area contributed by atoms with Crippen molar-refractivity contribution in [2.24, 2.45) is 0 Å². The number of rotatable bonds is 8. The lowest BCUT2D eigenvalue weighted by atomic mass is 9.94. The Morgan fingerprint density at radius 2 is 1.88 bits per heavy atom. The van der Waals surface area contributed by atoms with Crippen LogP contribution in [0.25, 0.3) is 0 Å². The van der Waals surface area contributed by atoms with Crippen LogP contribution in [0.2, 0.25) is 0 Å². The molecule has 1 unspecified atom stereocenters. The highest BCUT2D eigenvalue weighted by atomic mass is 16.5. The molecule has 0 saturated carbocycles. The van der Waals surface area contributed by atoms with Gasteiger partial charge >= 0.3 is 0 Å². The quantitative estimate of drug-likeness (QED) is 0.644. The molecule has 0 spiro atoms. The summed E-state index contributed by atoms with van der Waals surface area (Å²) < 4.78 is 13.2. The summed E-state index contributed by atoms with van der Waals surface area (Å²) in [6.45, 7) is 10.8. The minimum absolute atomic E-state index is 0.0168. The Morgan fingerprint density at radius 1 is 1.12 bits per heavy atom. The standard InChI is InChI=1S/C21H32N2O2/c1-16(18-11-8-12-19(15-18)24-6)9-7-10-17(2)25-20-13-14-23(22-20)21(3,4)5/h8,11-17H,7,9-10H2,1-6H3/t16?,17-/m0/s1. The van der Waals surface area contributed by atoms with Gasteiger partial charge in [-0.05, 0) is 70.6 Å². The van der Waals surface area contributed by atoms with E-state index < -0.39 is 0 Å². The molecule has 0 amide bonds. The molecular formula is C21H32N2O2. The lowest BCUT2D eigenvalue weighted by molar-refractivity contribution is 0.192. The summed E-state index contributed by atoms with van der Waals surface area (Å²) >= 11 is 0. The van der Waals surface area contributed by atoms with E-state index in [0.717, 1.165) is 25.0 Å². The second-order valence-electron chi connectivity index (χ2n) is 7.81. The first-order valence-electron chi connectivity index (χ1n) is 9.16. The molecule has 0 radical (unpaired) electrons. The average molecular weight is 344 g/mol. The van der Waals surface area contributed by atoms with Crippen LogP contribution in [-0.2, 0) is 5.54 Å². The van der Waals surface area contributed by atoms with Gasteiger partial charge in [0, 0.05) is 12.3 Å². The van der Waals surface area contributed by atoms with E-state index in [-0.39, 0.29) is 11.6 Å². The Kier molecular flexibility index (Phi) is 6.51. The molecule has 2 atom stereocenters. The van der Waals surface area contributed by atoms with Crippen molar-refractivity contribution in [2.45, 2.75) is 71.4 Å². The summed E-state index contributed by atoms with van der Waals surface area (Å²) in [6, 6.07) is 10.3. The Balaban J connectivity index is 1.78. The molecule has 0 N–H and O–H groups in total. The van der Waals surface area contributed by atoms with Gasteiger partial charge in [0.2, 0.25) is 5.88 Å². The van der Waals surface area contributed by atoms with Gasteiger partial charge < -0.3 is 9.47 Å². The molecule has 2 rings (SSSR count). The third-order valence-corrected chi connectivity index (χ3v) is 4.48. The minimum Gasteiger partial charge on any atom is -0.497 e. The fraction of sp³-hybridized carbons (Fsp3) is 0.571. The van der Waals surface area contributed by atoms with Gasteiger partial charge in [-0.25, -0.2) is 0 Å². The molecule has 4 nitrogen and oxygen atoms in total. The van der Waals surface area contributed by atoms with Crippen molar-refractivity contribution in [3.8, 4) is 11.6 Å². The lowest BCUT2D eigenvalue weighted by Gasteiger charge is -2.19. The number of benzene rings is 1. The molecule has 25 heavy (non-hydrogen) atoms. The van der Waals surface area contributed by atoms with E-state index in [9.17, 15) is 0 Å². The van der Waals surface area contributed by atoms with Crippen LogP contribution in [0.4, 0.5) is 0 Å². The Bertz CT molecular complexity index is 658. The highest BCUT2D eigenvalue weighted by molar-refractivity contribution is 5.30. The smallest absolute Gasteiger partial charge is 0.232 e. The summed E-state index contributed by atoms with van der Waals surface area (Å²) in [5, 5.41) is 4.51. The molecule has 1 aromatic heterocycles. The van der Waals surface area contributed by atoms with E-state index >= 15 is 0 Å². The maximum Gasteiger partial charge on any atom is 0.232 e. The van der Waals surface area contributed by atoms with Crippen molar-refractivity contribution in [1.29, 1.82) is 0 Å². The number of nitrogens with zero attached hydrogens (tertiary/aromatic N) is 2. The van der Waals surface area contributed by atoms with Crippen LogP contribution in [0, 0.1) is 0 Å². The Hall–Kier alpha value is -1.97. The predicted molar refractivity (Wildman–Crippen MR) is 103 cm³/mol. The van der Waals surface area contributed by atoms with E-state index in [4.69, 9.17) is 9.47 Å². The molecule has 1 aromatic carbocycles. The molecule has 138 valence electrons. The predicted octanol–water partition coefficient (Wildman–Crippen LogP) is 5.39. The van der Waals surface area contributed by atoms with E-state index in [2.05, 4.69) is 57.9 Å². The molecule has 0 fully saturated rings. The fourth-order valence-electron chi connectivity index (χ4n) is 2.83. The number of methoxy groups -OCH3 is 1. The van der Waals surface area contributed by atoms with Crippen LogP contribution in [0.1, 0.15) is 65.4 Å². The van der Waals surface area contributed by atoms with Crippen LogP contribution in [-0.4, -0.2) is 23.0 Å². The van der Waals surface area contributed by atoms with Crippen LogP contribution in [0.3, 0.4) is 0 Å². The van der Waals surface area contributed by atoms with Gasteiger partial charge in [0.1, 0.15) is 5.75 Å². The topological polar surface area (TPSA) is 36.3 Å². The van der Waals surface area contributed by atoms with Crippen molar-refractivity contribution in [3.63, 3.8) is 0 Å². The first kappa shape index (κ1) is 19.4. The third-order valence-electron chi connectivity index (χ3n) is 4.48. The minimum atomic E-state index is -0.0168. The molecule has 0 aliphatic heterocycles. The summed E-state index contributed by atoms with van der Waals surface area (Å²) in [7, 11) is 1.71. The van der Waals surface area contributed by atoms with Crippen LogP contribution < -0.4 is 9.47 Å². The molecule has 0 aliphatic rings. The van der Waals surface area contributed by atoms with Crippen LogP contribution in [0.15, 0.2) is 36.5 Å². The SMILES string of the molecule is COc1cccc(C(C)CCC[C@H](C)Oc2ccn(C(C)(C)C)n2)c1. The zero-order valence-corrected chi connectivity index (χ0v) is 16.5. The van der Waals surface area contributed by atoms with E-state index in [0.29, 0.717) is 11.8 Å². The van der Waals surface area contributed by atoms with Crippen LogP contribution in [0.5, 0.6) is 11.6 Å². The molecule has 0 bridgehead atoms. The van der Waals surface area contributed by atoms with Crippen LogP contribution >= 0.6 is 0 Å². The summed E-state index contributed by atoms with van der Waals surface area (Å²) in [6.07, 6.45) is 5.43.